The van der Waals surface area contributed by atoms with Gasteiger partial charge in [0, 0.05) is 37.3 Å². The maximum Gasteiger partial charge on any atom is 0.255 e. The first kappa shape index (κ1) is 23.5. The predicted molar refractivity (Wildman–Crippen MR) is 130 cm³/mol. The number of piperidine rings is 2. The molecular formula is C27H31FN4O3. The van der Waals surface area contributed by atoms with Crippen molar-refractivity contribution in [2.45, 2.75) is 57.7 Å². The largest absolute Gasteiger partial charge is 0.385 e. The summed E-state index contributed by atoms with van der Waals surface area (Å²) in [4.78, 5) is 40.9. The molecule has 2 aromatic carbocycles. The first-order valence-electron chi connectivity index (χ1n) is 12.4. The third-order valence-corrected chi connectivity index (χ3v) is 7.42. The number of rotatable bonds is 6. The molecule has 0 saturated carbocycles. The van der Waals surface area contributed by atoms with Crippen molar-refractivity contribution in [3.63, 3.8) is 0 Å². The highest BCUT2D eigenvalue weighted by Gasteiger charge is 2.41. The van der Waals surface area contributed by atoms with E-state index in [9.17, 15) is 18.8 Å². The number of anilines is 1. The lowest BCUT2D eigenvalue weighted by Gasteiger charge is -2.33. The van der Waals surface area contributed by atoms with Crippen molar-refractivity contribution in [3.8, 4) is 0 Å². The van der Waals surface area contributed by atoms with E-state index in [4.69, 9.17) is 0 Å². The minimum absolute atomic E-state index is 0.168. The van der Waals surface area contributed by atoms with Crippen molar-refractivity contribution in [2.24, 2.45) is 0 Å². The van der Waals surface area contributed by atoms with Gasteiger partial charge >= 0.3 is 0 Å². The van der Waals surface area contributed by atoms with E-state index in [1.54, 1.807) is 6.07 Å². The van der Waals surface area contributed by atoms with Crippen LogP contribution in [-0.4, -0.2) is 53.2 Å². The number of benzene rings is 2. The molecule has 0 radical (unpaired) electrons. The lowest BCUT2D eigenvalue weighted by molar-refractivity contribution is -0.136. The van der Waals surface area contributed by atoms with Gasteiger partial charge in [-0.05, 0) is 86.1 Å². The minimum atomic E-state index is -0.690. The normalized spacial score (nSPS) is 21.3. The average molecular weight is 479 g/mol. The average Bonchev–Trinajstić information content (AvgIpc) is 3.16. The summed E-state index contributed by atoms with van der Waals surface area (Å²) >= 11 is 0. The Morgan fingerprint density at radius 3 is 2.49 bits per heavy atom. The van der Waals surface area contributed by atoms with Crippen LogP contribution in [0.4, 0.5) is 10.1 Å². The lowest BCUT2D eigenvalue weighted by atomic mass is 9.85. The second kappa shape index (κ2) is 9.77. The molecule has 3 aliphatic heterocycles. The molecule has 8 heteroatoms. The van der Waals surface area contributed by atoms with Crippen molar-refractivity contribution in [1.29, 1.82) is 0 Å². The highest BCUT2D eigenvalue weighted by molar-refractivity contribution is 6.05. The Hall–Kier alpha value is -3.26. The molecule has 2 aromatic rings. The number of fused-ring (bicyclic) bond motifs is 1. The number of nitrogens with one attached hydrogen (secondary N) is 2. The number of hydrogen-bond acceptors (Lipinski definition) is 5. The van der Waals surface area contributed by atoms with Gasteiger partial charge in [-0.1, -0.05) is 12.1 Å². The van der Waals surface area contributed by atoms with Gasteiger partial charge in [-0.3, -0.25) is 24.6 Å². The fraction of sp³-hybridized carbons (Fsp3) is 0.444. The molecule has 35 heavy (non-hydrogen) atoms. The van der Waals surface area contributed by atoms with Crippen molar-refractivity contribution in [3.05, 3.63) is 64.5 Å². The molecule has 0 bridgehead atoms. The number of imide groups is 1. The maximum atomic E-state index is 14.6. The number of amides is 3. The Bertz CT molecular complexity index is 1140. The molecule has 3 amide bonds. The maximum absolute atomic E-state index is 14.6. The van der Waals surface area contributed by atoms with Crippen LogP contribution in [0.3, 0.4) is 0 Å². The summed E-state index contributed by atoms with van der Waals surface area (Å²) in [5.74, 6) is -1.34. The van der Waals surface area contributed by atoms with E-state index in [1.807, 2.05) is 0 Å². The highest BCUT2D eigenvalue weighted by Crippen LogP contribution is 2.38. The van der Waals surface area contributed by atoms with Crippen LogP contribution in [0.15, 0.2) is 36.4 Å². The van der Waals surface area contributed by atoms with Gasteiger partial charge in [0.1, 0.15) is 11.9 Å². The Morgan fingerprint density at radius 2 is 1.80 bits per heavy atom. The van der Waals surface area contributed by atoms with E-state index >= 15 is 0 Å². The standard InChI is InChI=1S/C27H31FN4O3/c1-2-29-20-5-3-17(4-6-20)15-31-11-9-18(10-12-31)21-13-19(28)14-22-23(21)16-32(27(22)35)24-7-8-25(33)30-26(24)34/h3-6,13-14,18,24,29H,2,7-12,15-16H2,1H3,(H,30,33,34). The summed E-state index contributed by atoms with van der Waals surface area (Å²) in [6.07, 6.45) is 2.28. The smallest absolute Gasteiger partial charge is 0.255 e. The van der Waals surface area contributed by atoms with Crippen LogP contribution in [0.5, 0.6) is 0 Å². The van der Waals surface area contributed by atoms with Crippen LogP contribution in [0.2, 0.25) is 0 Å². The summed E-state index contributed by atoms with van der Waals surface area (Å²) in [5, 5.41) is 5.63. The zero-order valence-electron chi connectivity index (χ0n) is 20.0. The molecular weight excluding hydrogens is 447 g/mol. The molecule has 1 atom stereocenters. The Balaban J connectivity index is 1.27. The monoisotopic (exact) mass is 478 g/mol. The molecule has 2 fully saturated rings. The van der Waals surface area contributed by atoms with Crippen LogP contribution in [0.1, 0.15) is 65.6 Å². The number of nitrogens with zero attached hydrogens (tertiary/aromatic N) is 2. The Labute approximate surface area is 204 Å². The van der Waals surface area contributed by atoms with Gasteiger partial charge in [-0.25, -0.2) is 4.39 Å². The van der Waals surface area contributed by atoms with Gasteiger partial charge in [0.05, 0.1) is 0 Å². The summed E-state index contributed by atoms with van der Waals surface area (Å²) in [5.41, 5.74) is 4.46. The van der Waals surface area contributed by atoms with Crippen LogP contribution >= 0.6 is 0 Å². The number of carbonyl (C=O) groups is 3. The van der Waals surface area contributed by atoms with Gasteiger partial charge in [0.25, 0.3) is 5.91 Å². The van der Waals surface area contributed by atoms with E-state index < -0.39 is 17.8 Å². The topological polar surface area (TPSA) is 81.8 Å². The molecule has 7 nitrogen and oxygen atoms in total. The Morgan fingerprint density at radius 1 is 1.06 bits per heavy atom. The summed E-state index contributed by atoms with van der Waals surface area (Å²) in [6.45, 7) is 5.93. The lowest BCUT2D eigenvalue weighted by Crippen LogP contribution is -2.52. The highest BCUT2D eigenvalue weighted by atomic mass is 19.1. The van der Waals surface area contributed by atoms with Crippen LogP contribution < -0.4 is 10.6 Å². The molecule has 0 aliphatic carbocycles. The number of carbonyl (C=O) groups excluding carboxylic acids is 3. The molecule has 3 heterocycles. The summed E-state index contributed by atoms with van der Waals surface area (Å²) in [7, 11) is 0. The fourth-order valence-corrected chi connectivity index (χ4v) is 5.61. The minimum Gasteiger partial charge on any atom is -0.385 e. The van der Waals surface area contributed by atoms with Gasteiger partial charge in [0.15, 0.2) is 0 Å². The number of halogens is 1. The summed E-state index contributed by atoms with van der Waals surface area (Å²) < 4.78 is 14.6. The van der Waals surface area contributed by atoms with E-state index in [0.29, 0.717) is 12.0 Å². The molecule has 0 aromatic heterocycles. The van der Waals surface area contributed by atoms with E-state index in [-0.39, 0.29) is 30.7 Å². The van der Waals surface area contributed by atoms with Gasteiger partial charge in [0.2, 0.25) is 11.8 Å². The van der Waals surface area contributed by atoms with Crippen molar-refractivity contribution in [2.75, 3.05) is 25.0 Å². The van der Waals surface area contributed by atoms with Crippen LogP contribution in [0.25, 0.3) is 0 Å². The third kappa shape index (κ3) is 4.80. The first-order chi connectivity index (χ1) is 16.9. The van der Waals surface area contributed by atoms with Crippen molar-refractivity contribution < 1.29 is 18.8 Å². The van der Waals surface area contributed by atoms with Crippen LogP contribution in [-0.2, 0) is 22.7 Å². The quantitative estimate of drug-likeness (QED) is 0.622. The zero-order chi connectivity index (χ0) is 24.5. The van der Waals surface area contributed by atoms with E-state index in [0.717, 1.165) is 55.8 Å². The van der Waals surface area contributed by atoms with E-state index in [2.05, 4.69) is 46.7 Å². The van der Waals surface area contributed by atoms with Gasteiger partial charge in [-0.2, -0.15) is 0 Å². The SMILES string of the molecule is CCNc1ccc(CN2CCC(c3cc(F)cc4c3CN(C3CCC(=O)NC3=O)C4=O)CC2)cc1. The zero-order valence-corrected chi connectivity index (χ0v) is 20.0. The second-order valence-electron chi connectivity index (χ2n) is 9.70. The molecule has 2 saturated heterocycles. The second-order valence-corrected chi connectivity index (χ2v) is 9.70. The predicted octanol–water partition coefficient (Wildman–Crippen LogP) is 3.40. The molecule has 2 N–H and O–H groups in total. The molecule has 5 rings (SSSR count). The fourth-order valence-electron chi connectivity index (χ4n) is 5.61. The first-order valence-corrected chi connectivity index (χ1v) is 12.4. The molecule has 1 unspecified atom stereocenters. The molecule has 0 spiro atoms. The van der Waals surface area contributed by atoms with Gasteiger partial charge in [-0.15, -0.1) is 0 Å². The molecule has 184 valence electrons. The number of hydrogen-bond donors (Lipinski definition) is 2. The summed E-state index contributed by atoms with van der Waals surface area (Å²) in [6, 6.07) is 10.7. The Kier molecular flexibility index (Phi) is 6.56. The number of likely N-dealkylation sites (tertiary alicyclic amines) is 1. The van der Waals surface area contributed by atoms with Crippen molar-refractivity contribution >= 4 is 23.4 Å². The van der Waals surface area contributed by atoms with Gasteiger partial charge < -0.3 is 10.2 Å². The molecule has 3 aliphatic rings. The van der Waals surface area contributed by atoms with E-state index in [1.165, 1.54) is 16.5 Å². The van der Waals surface area contributed by atoms with Crippen molar-refractivity contribution in [1.82, 2.24) is 15.1 Å². The third-order valence-electron chi connectivity index (χ3n) is 7.42. The van der Waals surface area contributed by atoms with Crippen LogP contribution in [0, 0.1) is 5.82 Å².